The van der Waals surface area contributed by atoms with Gasteiger partial charge in [-0.3, -0.25) is 25.0 Å². The highest BCUT2D eigenvalue weighted by Crippen LogP contribution is 2.24. The van der Waals surface area contributed by atoms with Crippen molar-refractivity contribution >= 4 is 40.0 Å². The first-order valence-electron chi connectivity index (χ1n) is 10.8. The second kappa shape index (κ2) is 9.47. The molecule has 1 heterocycles. The molecule has 1 aromatic heterocycles. The van der Waals surface area contributed by atoms with Gasteiger partial charge >= 0.3 is 6.01 Å². The number of hydrogen-bond donors (Lipinski definition) is 2. The lowest BCUT2D eigenvalue weighted by atomic mass is 10.0. The number of fused-ring (bicyclic) bond motifs is 1. The summed E-state index contributed by atoms with van der Waals surface area (Å²) in [5, 5.41) is 25.6. The molecule has 0 fully saturated rings. The first-order valence-corrected chi connectivity index (χ1v) is 10.8. The Labute approximate surface area is 203 Å². The summed E-state index contributed by atoms with van der Waals surface area (Å²) in [4.78, 5) is 35.9. The number of nitrogens with zero attached hydrogens (tertiary/aromatic N) is 3. The van der Waals surface area contributed by atoms with E-state index in [1.165, 1.54) is 30.3 Å². The number of aromatic nitrogens is 2. The lowest BCUT2D eigenvalue weighted by Crippen LogP contribution is -2.15. The van der Waals surface area contributed by atoms with E-state index in [-0.39, 0.29) is 29.1 Å². The van der Waals surface area contributed by atoms with Crippen molar-refractivity contribution in [2.45, 2.75) is 0 Å². The number of benzene rings is 4. The number of carbonyl (C=O) groups excluding carboxylic acids is 2. The number of nitro groups is 1. The van der Waals surface area contributed by atoms with E-state index in [2.05, 4.69) is 20.8 Å². The summed E-state index contributed by atoms with van der Waals surface area (Å²) < 4.78 is 5.46. The Morgan fingerprint density at radius 1 is 0.806 bits per heavy atom. The van der Waals surface area contributed by atoms with E-state index in [0.717, 1.165) is 10.8 Å². The number of carbonyl (C=O) groups is 2. The van der Waals surface area contributed by atoms with Crippen molar-refractivity contribution in [1.29, 1.82) is 0 Å². The van der Waals surface area contributed by atoms with Gasteiger partial charge < -0.3 is 9.73 Å². The summed E-state index contributed by atoms with van der Waals surface area (Å²) in [5.74, 6) is -0.722. The maximum atomic E-state index is 12.9. The summed E-state index contributed by atoms with van der Waals surface area (Å²) in [6.45, 7) is 0. The van der Waals surface area contributed by atoms with Crippen molar-refractivity contribution in [3.05, 3.63) is 112 Å². The third-order valence-corrected chi connectivity index (χ3v) is 5.39. The highest BCUT2D eigenvalue weighted by molar-refractivity contribution is 6.13. The van der Waals surface area contributed by atoms with Crippen molar-refractivity contribution < 1.29 is 18.9 Å². The molecule has 0 saturated heterocycles. The van der Waals surface area contributed by atoms with E-state index in [9.17, 15) is 19.7 Å². The Bertz CT molecular complexity index is 1610. The molecule has 0 saturated carbocycles. The molecule has 4 aromatic carbocycles. The second-order valence-corrected chi connectivity index (χ2v) is 7.73. The van der Waals surface area contributed by atoms with E-state index < -0.39 is 10.8 Å². The quantitative estimate of drug-likeness (QED) is 0.249. The fraction of sp³-hybridized carbons (Fsp3) is 0. The first kappa shape index (κ1) is 22.4. The fourth-order valence-electron chi connectivity index (χ4n) is 3.65. The molecular weight excluding hydrogens is 462 g/mol. The van der Waals surface area contributed by atoms with Gasteiger partial charge in [0.15, 0.2) is 0 Å². The third kappa shape index (κ3) is 4.64. The van der Waals surface area contributed by atoms with Gasteiger partial charge in [0.2, 0.25) is 5.89 Å². The zero-order chi connectivity index (χ0) is 25.1. The van der Waals surface area contributed by atoms with Gasteiger partial charge in [-0.2, -0.15) is 0 Å². The van der Waals surface area contributed by atoms with Crippen molar-refractivity contribution in [3.63, 3.8) is 0 Å². The van der Waals surface area contributed by atoms with E-state index in [0.29, 0.717) is 16.8 Å². The Morgan fingerprint density at radius 2 is 1.56 bits per heavy atom. The number of nitro benzene ring substituents is 1. The summed E-state index contributed by atoms with van der Waals surface area (Å²) in [7, 11) is 0. The van der Waals surface area contributed by atoms with Crippen LogP contribution in [-0.2, 0) is 0 Å². The zero-order valence-electron chi connectivity index (χ0n) is 18.5. The molecule has 0 aliphatic heterocycles. The van der Waals surface area contributed by atoms with Crippen molar-refractivity contribution in [2.75, 3.05) is 10.6 Å². The average molecular weight is 479 g/mol. The highest BCUT2D eigenvalue weighted by atomic mass is 16.6. The molecule has 10 nitrogen and oxygen atoms in total. The SMILES string of the molecule is O=C(Nc1nnc(-c2ccc([N+](=O)[O-])cc2)o1)c1cccc(NC(=O)c2cccc3ccccc23)c1. The van der Waals surface area contributed by atoms with Crippen LogP contribution in [0.5, 0.6) is 0 Å². The maximum Gasteiger partial charge on any atom is 0.322 e. The van der Waals surface area contributed by atoms with Gasteiger partial charge in [-0.15, -0.1) is 5.10 Å². The maximum absolute atomic E-state index is 12.9. The van der Waals surface area contributed by atoms with E-state index in [1.807, 2.05) is 36.4 Å². The lowest BCUT2D eigenvalue weighted by Gasteiger charge is -2.09. The fourth-order valence-corrected chi connectivity index (χ4v) is 3.65. The molecule has 0 spiro atoms. The standard InChI is InChI=1S/C26H17N5O5/c32-23(28-26-30-29-25(36-26)17-11-13-20(14-12-17)31(34)35)18-7-3-8-19(15-18)27-24(33)22-10-4-6-16-5-1-2-9-21(16)22/h1-15H,(H,27,33)(H,28,30,32). The molecular formula is C26H17N5O5. The van der Waals surface area contributed by atoms with Crippen LogP contribution in [0.2, 0.25) is 0 Å². The van der Waals surface area contributed by atoms with Crippen molar-refractivity contribution in [3.8, 4) is 11.5 Å². The number of amides is 2. The van der Waals surface area contributed by atoms with Crippen LogP contribution in [0.1, 0.15) is 20.7 Å². The number of rotatable bonds is 6. The van der Waals surface area contributed by atoms with Crippen molar-refractivity contribution in [1.82, 2.24) is 10.2 Å². The minimum Gasteiger partial charge on any atom is -0.403 e. The minimum absolute atomic E-state index is 0.0702. The normalized spacial score (nSPS) is 10.7. The van der Waals surface area contributed by atoms with E-state index in [1.54, 1.807) is 24.3 Å². The number of non-ortho nitro benzene ring substituents is 1. The molecule has 2 N–H and O–H groups in total. The molecule has 5 aromatic rings. The molecule has 0 radical (unpaired) electrons. The third-order valence-electron chi connectivity index (χ3n) is 5.39. The summed E-state index contributed by atoms with van der Waals surface area (Å²) in [6.07, 6.45) is 0. The van der Waals surface area contributed by atoms with Crippen LogP contribution in [0.4, 0.5) is 17.4 Å². The van der Waals surface area contributed by atoms with E-state index in [4.69, 9.17) is 4.42 Å². The molecule has 176 valence electrons. The predicted molar refractivity (Wildman–Crippen MR) is 133 cm³/mol. The second-order valence-electron chi connectivity index (χ2n) is 7.73. The van der Waals surface area contributed by atoms with Gasteiger partial charge in [-0.1, -0.05) is 47.6 Å². The molecule has 36 heavy (non-hydrogen) atoms. The molecule has 0 atom stereocenters. The van der Waals surface area contributed by atoms with Gasteiger partial charge in [-0.25, -0.2) is 0 Å². The van der Waals surface area contributed by atoms with Crippen LogP contribution in [-0.4, -0.2) is 26.9 Å². The van der Waals surface area contributed by atoms with Crippen LogP contribution >= 0.6 is 0 Å². The molecule has 10 heteroatoms. The molecule has 0 bridgehead atoms. The van der Waals surface area contributed by atoms with Gasteiger partial charge in [0.25, 0.3) is 17.5 Å². The zero-order valence-corrected chi connectivity index (χ0v) is 18.5. The minimum atomic E-state index is -0.518. The van der Waals surface area contributed by atoms with Gasteiger partial charge in [0.1, 0.15) is 0 Å². The number of nitrogens with one attached hydrogen (secondary N) is 2. The smallest absolute Gasteiger partial charge is 0.322 e. The predicted octanol–water partition coefficient (Wildman–Crippen LogP) is 5.30. The van der Waals surface area contributed by atoms with Crippen LogP contribution in [0.25, 0.3) is 22.2 Å². The Morgan fingerprint density at radius 3 is 2.36 bits per heavy atom. The molecule has 2 amide bonds. The Hall–Kier alpha value is -5.38. The number of hydrogen-bond acceptors (Lipinski definition) is 7. The average Bonchev–Trinajstić information content (AvgIpc) is 3.37. The largest absolute Gasteiger partial charge is 0.403 e. The monoisotopic (exact) mass is 479 g/mol. The van der Waals surface area contributed by atoms with Crippen LogP contribution in [0, 0.1) is 10.1 Å². The highest BCUT2D eigenvalue weighted by Gasteiger charge is 2.15. The Balaban J connectivity index is 1.29. The van der Waals surface area contributed by atoms with Gasteiger partial charge in [-0.05, 0) is 47.2 Å². The summed E-state index contributed by atoms with van der Waals surface area (Å²) in [6, 6.07) is 24.9. The molecule has 0 aliphatic rings. The molecule has 0 aliphatic carbocycles. The van der Waals surface area contributed by atoms with Crippen LogP contribution in [0.3, 0.4) is 0 Å². The lowest BCUT2D eigenvalue weighted by molar-refractivity contribution is -0.384. The first-order chi connectivity index (χ1) is 17.5. The van der Waals surface area contributed by atoms with Crippen LogP contribution < -0.4 is 10.6 Å². The van der Waals surface area contributed by atoms with Gasteiger partial charge in [0.05, 0.1) is 4.92 Å². The summed E-state index contributed by atoms with van der Waals surface area (Å²) >= 11 is 0. The van der Waals surface area contributed by atoms with Crippen LogP contribution in [0.15, 0.2) is 95.4 Å². The van der Waals surface area contributed by atoms with Gasteiger partial charge in [0, 0.05) is 34.5 Å². The molecule has 0 unspecified atom stereocenters. The summed E-state index contributed by atoms with van der Waals surface area (Å²) in [5.41, 5.74) is 1.62. The molecule has 5 rings (SSSR count). The topological polar surface area (TPSA) is 140 Å². The number of anilines is 2. The Kier molecular flexibility index (Phi) is 5.90. The van der Waals surface area contributed by atoms with Crippen molar-refractivity contribution in [2.24, 2.45) is 0 Å². The van der Waals surface area contributed by atoms with E-state index >= 15 is 0 Å².